The molecule has 2 aliphatic carbocycles. The first kappa shape index (κ1) is 14.1. The number of rotatable bonds is 1. The van der Waals surface area contributed by atoms with Crippen LogP contribution in [0.25, 0.3) is 16.3 Å². The molecule has 0 amide bonds. The standard InChI is InChI=1S/C22H21N/c1-14-11-16-7-3-4-8-17(16)20(12-14)21-13-15(2)22(23)19-10-6-5-9-18(19)21/h3-13,18-19H,23H2,1-2H3. The third-order valence-corrected chi connectivity index (χ3v) is 5.00. The van der Waals surface area contributed by atoms with E-state index >= 15 is 0 Å². The quantitative estimate of drug-likeness (QED) is 0.775. The van der Waals surface area contributed by atoms with Crippen molar-refractivity contribution in [3.63, 3.8) is 0 Å². The highest BCUT2D eigenvalue weighted by Crippen LogP contribution is 2.43. The number of allylic oxidation sites excluding steroid dienone is 7. The van der Waals surface area contributed by atoms with Crippen molar-refractivity contribution < 1.29 is 0 Å². The first-order chi connectivity index (χ1) is 11.1. The molecule has 0 radical (unpaired) electrons. The van der Waals surface area contributed by atoms with Gasteiger partial charge in [-0.2, -0.15) is 0 Å². The molecule has 0 fully saturated rings. The average molecular weight is 299 g/mol. The molecule has 0 saturated heterocycles. The summed E-state index contributed by atoms with van der Waals surface area (Å²) in [7, 11) is 0. The molecule has 1 nitrogen and oxygen atoms in total. The Morgan fingerprint density at radius 1 is 0.913 bits per heavy atom. The van der Waals surface area contributed by atoms with Crippen LogP contribution in [0.3, 0.4) is 0 Å². The second kappa shape index (κ2) is 5.27. The molecule has 4 rings (SSSR count). The molecule has 1 heteroatoms. The van der Waals surface area contributed by atoms with Crippen molar-refractivity contribution >= 4 is 16.3 Å². The molecule has 2 atom stereocenters. The van der Waals surface area contributed by atoms with Crippen molar-refractivity contribution in [3.05, 3.63) is 89.2 Å². The van der Waals surface area contributed by atoms with E-state index < -0.39 is 0 Å². The topological polar surface area (TPSA) is 26.0 Å². The Kier molecular flexibility index (Phi) is 3.23. The van der Waals surface area contributed by atoms with Crippen molar-refractivity contribution in [3.8, 4) is 0 Å². The minimum atomic E-state index is 0.277. The molecule has 2 aromatic carbocycles. The maximum Gasteiger partial charge on any atom is 0.0274 e. The molecule has 0 saturated carbocycles. The van der Waals surface area contributed by atoms with Crippen LogP contribution in [-0.4, -0.2) is 0 Å². The third kappa shape index (κ3) is 2.24. The molecular weight excluding hydrogens is 278 g/mol. The lowest BCUT2D eigenvalue weighted by molar-refractivity contribution is 0.626. The second-order valence-corrected chi connectivity index (χ2v) is 6.59. The van der Waals surface area contributed by atoms with Gasteiger partial charge in [0.2, 0.25) is 0 Å². The zero-order valence-corrected chi connectivity index (χ0v) is 13.6. The molecule has 2 unspecified atom stereocenters. The number of benzene rings is 2. The van der Waals surface area contributed by atoms with Crippen LogP contribution in [0.4, 0.5) is 0 Å². The SMILES string of the molecule is CC1=C(N)C2C=CC=CC2C(c2cc(C)cc3ccccc23)=C1. The van der Waals surface area contributed by atoms with Gasteiger partial charge in [0.15, 0.2) is 0 Å². The molecule has 0 spiro atoms. The minimum Gasteiger partial charge on any atom is -0.401 e. The van der Waals surface area contributed by atoms with E-state index in [1.54, 1.807) is 0 Å². The van der Waals surface area contributed by atoms with Gasteiger partial charge in [-0.25, -0.2) is 0 Å². The lowest BCUT2D eigenvalue weighted by Gasteiger charge is -2.32. The van der Waals surface area contributed by atoms with E-state index in [-0.39, 0.29) is 5.92 Å². The molecule has 2 aliphatic rings. The van der Waals surface area contributed by atoms with Crippen LogP contribution in [0.2, 0.25) is 0 Å². The molecule has 0 aromatic heterocycles. The van der Waals surface area contributed by atoms with Gasteiger partial charge in [0, 0.05) is 17.5 Å². The highest BCUT2D eigenvalue weighted by atomic mass is 14.6. The summed E-state index contributed by atoms with van der Waals surface area (Å²) in [5, 5.41) is 2.62. The lowest BCUT2D eigenvalue weighted by atomic mass is 9.73. The fourth-order valence-corrected chi connectivity index (χ4v) is 3.83. The van der Waals surface area contributed by atoms with E-state index in [4.69, 9.17) is 5.73 Å². The summed E-state index contributed by atoms with van der Waals surface area (Å²) in [5.41, 5.74) is 12.6. The van der Waals surface area contributed by atoms with Crippen LogP contribution < -0.4 is 5.73 Å². The molecule has 0 aliphatic heterocycles. The molecule has 23 heavy (non-hydrogen) atoms. The predicted octanol–water partition coefficient (Wildman–Crippen LogP) is 5.14. The second-order valence-electron chi connectivity index (χ2n) is 6.59. The van der Waals surface area contributed by atoms with Crippen LogP contribution in [0.1, 0.15) is 18.1 Å². The van der Waals surface area contributed by atoms with E-state index in [9.17, 15) is 0 Å². The average Bonchev–Trinajstić information content (AvgIpc) is 2.57. The van der Waals surface area contributed by atoms with Gasteiger partial charge in [0.1, 0.15) is 0 Å². The number of nitrogens with two attached hydrogens (primary N) is 1. The van der Waals surface area contributed by atoms with E-state index in [2.05, 4.69) is 80.6 Å². The van der Waals surface area contributed by atoms with Gasteiger partial charge in [-0.1, -0.05) is 66.8 Å². The summed E-state index contributed by atoms with van der Waals surface area (Å²) >= 11 is 0. The highest BCUT2D eigenvalue weighted by Gasteiger charge is 2.30. The Bertz CT molecular complexity index is 909. The molecule has 0 heterocycles. The van der Waals surface area contributed by atoms with Gasteiger partial charge in [0.25, 0.3) is 0 Å². The first-order valence-corrected chi connectivity index (χ1v) is 8.18. The van der Waals surface area contributed by atoms with E-state index in [0.29, 0.717) is 5.92 Å². The lowest BCUT2D eigenvalue weighted by Crippen LogP contribution is -2.25. The van der Waals surface area contributed by atoms with Crippen molar-refractivity contribution in [1.82, 2.24) is 0 Å². The summed E-state index contributed by atoms with van der Waals surface area (Å²) in [6.45, 7) is 4.29. The summed E-state index contributed by atoms with van der Waals surface area (Å²) in [6.07, 6.45) is 11.0. The molecule has 2 aromatic rings. The Morgan fingerprint density at radius 2 is 1.65 bits per heavy atom. The van der Waals surface area contributed by atoms with Crippen LogP contribution in [0, 0.1) is 18.8 Å². The van der Waals surface area contributed by atoms with E-state index in [1.165, 1.54) is 33.0 Å². The van der Waals surface area contributed by atoms with Crippen LogP contribution in [-0.2, 0) is 0 Å². The van der Waals surface area contributed by atoms with Gasteiger partial charge in [-0.3, -0.25) is 0 Å². The Morgan fingerprint density at radius 3 is 2.48 bits per heavy atom. The maximum atomic E-state index is 6.37. The Labute approximate surface area is 137 Å². The van der Waals surface area contributed by atoms with Crippen LogP contribution >= 0.6 is 0 Å². The molecule has 2 N–H and O–H groups in total. The van der Waals surface area contributed by atoms with Crippen LogP contribution in [0.5, 0.6) is 0 Å². The Hall–Kier alpha value is -2.54. The van der Waals surface area contributed by atoms with Gasteiger partial charge in [-0.15, -0.1) is 0 Å². The summed E-state index contributed by atoms with van der Waals surface area (Å²) in [6, 6.07) is 13.2. The van der Waals surface area contributed by atoms with Crippen molar-refractivity contribution in [2.75, 3.05) is 0 Å². The Balaban J connectivity index is 1.98. The summed E-state index contributed by atoms with van der Waals surface area (Å²) in [4.78, 5) is 0. The largest absolute Gasteiger partial charge is 0.401 e. The number of aryl methyl sites for hydroxylation is 1. The fourth-order valence-electron chi connectivity index (χ4n) is 3.83. The molecule has 0 bridgehead atoms. The minimum absolute atomic E-state index is 0.277. The molecule has 114 valence electrons. The van der Waals surface area contributed by atoms with E-state index in [1.807, 2.05) is 0 Å². The van der Waals surface area contributed by atoms with E-state index in [0.717, 1.165) is 5.70 Å². The van der Waals surface area contributed by atoms with Gasteiger partial charge in [-0.05, 0) is 46.9 Å². The third-order valence-electron chi connectivity index (χ3n) is 5.00. The zero-order chi connectivity index (χ0) is 16.0. The normalized spacial score (nSPS) is 23.1. The zero-order valence-electron chi connectivity index (χ0n) is 13.6. The van der Waals surface area contributed by atoms with Gasteiger partial charge in [0.05, 0.1) is 0 Å². The predicted molar refractivity (Wildman–Crippen MR) is 98.8 cm³/mol. The number of fused-ring (bicyclic) bond motifs is 2. The monoisotopic (exact) mass is 299 g/mol. The fraction of sp³-hybridized carbons (Fsp3) is 0.182. The smallest absolute Gasteiger partial charge is 0.0274 e. The number of hydrogen-bond acceptors (Lipinski definition) is 1. The van der Waals surface area contributed by atoms with Crippen molar-refractivity contribution in [2.24, 2.45) is 17.6 Å². The van der Waals surface area contributed by atoms with Gasteiger partial charge >= 0.3 is 0 Å². The number of hydrogen-bond donors (Lipinski definition) is 1. The van der Waals surface area contributed by atoms with Crippen molar-refractivity contribution in [1.29, 1.82) is 0 Å². The molecular formula is C22H21N. The maximum absolute atomic E-state index is 6.37. The summed E-state index contributed by atoms with van der Waals surface area (Å²) in [5.74, 6) is 0.605. The highest BCUT2D eigenvalue weighted by molar-refractivity contribution is 5.96. The van der Waals surface area contributed by atoms with Gasteiger partial charge < -0.3 is 5.73 Å². The van der Waals surface area contributed by atoms with Crippen molar-refractivity contribution in [2.45, 2.75) is 13.8 Å². The van der Waals surface area contributed by atoms with Crippen LogP contribution in [0.15, 0.2) is 78.0 Å². The summed E-state index contributed by atoms with van der Waals surface area (Å²) < 4.78 is 0. The first-order valence-electron chi connectivity index (χ1n) is 8.18.